The van der Waals surface area contributed by atoms with Crippen molar-refractivity contribution < 1.29 is 4.74 Å². The predicted octanol–water partition coefficient (Wildman–Crippen LogP) is 1.69. The molecule has 0 amide bonds. The Bertz CT molecular complexity index is 363. The van der Waals surface area contributed by atoms with Crippen molar-refractivity contribution in [1.29, 1.82) is 0 Å². The second-order valence-electron chi connectivity index (χ2n) is 4.93. The first-order valence-electron chi connectivity index (χ1n) is 5.77. The summed E-state index contributed by atoms with van der Waals surface area (Å²) in [5.74, 6) is 0.789. The predicted molar refractivity (Wildman–Crippen MR) is 70.4 cm³/mol. The molecule has 0 aliphatic carbocycles. The van der Waals surface area contributed by atoms with Crippen LogP contribution in [0.5, 0.6) is 5.75 Å². The second-order valence-corrected chi connectivity index (χ2v) is 4.93. The average Bonchev–Trinajstić information content (AvgIpc) is 2.29. The summed E-state index contributed by atoms with van der Waals surface area (Å²) < 4.78 is 5.22. The first kappa shape index (κ1) is 13.9. The van der Waals surface area contributed by atoms with Crippen LogP contribution in [0.4, 0.5) is 0 Å². The van der Waals surface area contributed by atoms with Crippen LogP contribution in [0, 0.1) is 0 Å². The molecule has 0 saturated carbocycles. The molecule has 1 atom stereocenters. The van der Waals surface area contributed by atoms with Crippen LogP contribution in [0.2, 0.25) is 0 Å². The van der Waals surface area contributed by atoms with Gasteiger partial charge in [-0.25, -0.2) is 0 Å². The Hall–Kier alpha value is -1.13. The van der Waals surface area contributed by atoms with Crippen LogP contribution in [0.1, 0.15) is 25.5 Å². The van der Waals surface area contributed by atoms with E-state index in [0.717, 1.165) is 11.3 Å². The maximum absolute atomic E-state index is 5.22. The zero-order chi connectivity index (χ0) is 13.1. The van der Waals surface area contributed by atoms with Crippen LogP contribution in [0.25, 0.3) is 0 Å². The molecular formula is C13H23N3O. The lowest BCUT2D eigenvalue weighted by atomic mass is 9.88. The summed E-state index contributed by atoms with van der Waals surface area (Å²) in [4.78, 5) is 6.42. The molecule has 0 aliphatic rings. The largest absolute Gasteiger partial charge is 0.495 e. The summed E-state index contributed by atoms with van der Waals surface area (Å²) in [7, 11) is 7.79. The Labute approximate surface area is 104 Å². The van der Waals surface area contributed by atoms with E-state index in [2.05, 4.69) is 43.1 Å². The van der Waals surface area contributed by atoms with E-state index in [9.17, 15) is 0 Å². The van der Waals surface area contributed by atoms with Crippen molar-refractivity contribution in [2.24, 2.45) is 0 Å². The van der Waals surface area contributed by atoms with Crippen molar-refractivity contribution in [3.8, 4) is 5.75 Å². The first-order valence-corrected chi connectivity index (χ1v) is 5.77. The minimum atomic E-state index is -0.0111. The van der Waals surface area contributed by atoms with E-state index in [1.54, 1.807) is 13.3 Å². The van der Waals surface area contributed by atoms with Gasteiger partial charge in [0, 0.05) is 11.7 Å². The van der Waals surface area contributed by atoms with Gasteiger partial charge in [0.2, 0.25) is 0 Å². The Kier molecular flexibility index (Phi) is 4.48. The number of pyridine rings is 1. The minimum absolute atomic E-state index is 0.0111. The molecule has 0 fully saturated rings. The van der Waals surface area contributed by atoms with Gasteiger partial charge in [0.25, 0.3) is 0 Å². The molecule has 0 saturated heterocycles. The smallest absolute Gasteiger partial charge is 0.137 e. The van der Waals surface area contributed by atoms with E-state index in [0.29, 0.717) is 0 Å². The van der Waals surface area contributed by atoms with Gasteiger partial charge in [-0.1, -0.05) is 0 Å². The van der Waals surface area contributed by atoms with Gasteiger partial charge in [-0.15, -0.1) is 0 Å². The van der Waals surface area contributed by atoms with Crippen molar-refractivity contribution in [2.45, 2.75) is 25.4 Å². The molecule has 1 N–H and O–H groups in total. The van der Waals surface area contributed by atoms with Crippen LogP contribution < -0.4 is 10.1 Å². The summed E-state index contributed by atoms with van der Waals surface area (Å²) in [5, 5.41) is 3.35. The molecule has 0 radical (unpaired) electrons. The molecule has 0 spiro atoms. The lowest BCUT2D eigenvalue weighted by Crippen LogP contribution is -2.48. The number of likely N-dealkylation sites (N-methyl/N-ethyl adjacent to an activating group) is 2. The maximum atomic E-state index is 5.22. The Morgan fingerprint density at radius 1 is 1.35 bits per heavy atom. The van der Waals surface area contributed by atoms with Crippen molar-refractivity contribution in [2.75, 3.05) is 28.3 Å². The van der Waals surface area contributed by atoms with Gasteiger partial charge in [0.05, 0.1) is 19.3 Å². The number of ether oxygens (including phenoxy) is 1. The van der Waals surface area contributed by atoms with Crippen molar-refractivity contribution in [1.82, 2.24) is 15.2 Å². The molecule has 4 heteroatoms. The van der Waals surface area contributed by atoms with Crippen molar-refractivity contribution in [3.63, 3.8) is 0 Å². The van der Waals surface area contributed by atoms with Gasteiger partial charge in [-0.3, -0.25) is 4.98 Å². The fourth-order valence-electron chi connectivity index (χ4n) is 1.89. The third-order valence-corrected chi connectivity index (χ3v) is 3.45. The zero-order valence-electron chi connectivity index (χ0n) is 11.6. The number of rotatable bonds is 5. The normalized spacial score (nSPS) is 13.8. The molecule has 1 aromatic heterocycles. The van der Waals surface area contributed by atoms with Gasteiger partial charge in [-0.2, -0.15) is 0 Å². The summed E-state index contributed by atoms with van der Waals surface area (Å²) in [6, 6.07) is 2.22. The molecule has 17 heavy (non-hydrogen) atoms. The van der Waals surface area contributed by atoms with E-state index in [1.165, 1.54) is 0 Å². The topological polar surface area (TPSA) is 37.4 Å². The van der Waals surface area contributed by atoms with Crippen LogP contribution in [0.3, 0.4) is 0 Å². The average molecular weight is 237 g/mol. The van der Waals surface area contributed by atoms with E-state index < -0.39 is 0 Å². The second kappa shape index (κ2) is 5.47. The van der Waals surface area contributed by atoms with E-state index in [-0.39, 0.29) is 11.6 Å². The van der Waals surface area contributed by atoms with E-state index in [1.807, 2.05) is 19.3 Å². The lowest BCUT2D eigenvalue weighted by Gasteiger charge is -2.40. The summed E-state index contributed by atoms with van der Waals surface area (Å²) in [6.07, 6.45) is 3.60. The zero-order valence-corrected chi connectivity index (χ0v) is 11.6. The molecule has 0 aromatic carbocycles. The highest BCUT2D eigenvalue weighted by Gasteiger charge is 2.32. The molecule has 1 rings (SSSR count). The van der Waals surface area contributed by atoms with Gasteiger partial charge in [0.1, 0.15) is 5.75 Å². The summed E-state index contributed by atoms with van der Waals surface area (Å²) in [6.45, 7) is 4.40. The monoisotopic (exact) mass is 237 g/mol. The molecular weight excluding hydrogens is 214 g/mol. The quantitative estimate of drug-likeness (QED) is 0.845. The third kappa shape index (κ3) is 2.96. The molecule has 0 aliphatic heterocycles. The maximum Gasteiger partial charge on any atom is 0.137 e. The SMILES string of the molecule is CNC(c1cncc(OC)c1)C(C)(C)N(C)C. The van der Waals surface area contributed by atoms with Crippen LogP contribution >= 0.6 is 0 Å². The highest BCUT2D eigenvalue weighted by molar-refractivity contribution is 5.28. The fraction of sp³-hybridized carbons (Fsp3) is 0.615. The van der Waals surface area contributed by atoms with E-state index in [4.69, 9.17) is 4.74 Å². The van der Waals surface area contributed by atoms with Gasteiger partial charge in [-0.05, 0) is 46.6 Å². The molecule has 1 unspecified atom stereocenters. The van der Waals surface area contributed by atoms with Crippen LogP contribution in [-0.2, 0) is 0 Å². The highest BCUT2D eigenvalue weighted by Crippen LogP contribution is 2.30. The highest BCUT2D eigenvalue weighted by atomic mass is 16.5. The Morgan fingerprint density at radius 3 is 2.47 bits per heavy atom. The van der Waals surface area contributed by atoms with Gasteiger partial charge >= 0.3 is 0 Å². The number of aromatic nitrogens is 1. The molecule has 1 heterocycles. The number of hydrogen-bond acceptors (Lipinski definition) is 4. The number of nitrogens with one attached hydrogen (secondary N) is 1. The lowest BCUT2D eigenvalue weighted by molar-refractivity contribution is 0.142. The minimum Gasteiger partial charge on any atom is -0.495 e. The van der Waals surface area contributed by atoms with Crippen LogP contribution in [0.15, 0.2) is 18.5 Å². The Balaban J connectivity index is 3.09. The summed E-state index contributed by atoms with van der Waals surface area (Å²) >= 11 is 0. The molecule has 96 valence electrons. The number of hydrogen-bond donors (Lipinski definition) is 1. The number of nitrogens with zero attached hydrogens (tertiary/aromatic N) is 2. The number of methoxy groups -OCH3 is 1. The first-order chi connectivity index (χ1) is 7.93. The van der Waals surface area contributed by atoms with Gasteiger partial charge < -0.3 is 15.0 Å². The standard InChI is InChI=1S/C13H23N3O/c1-13(2,16(4)5)12(14-3)10-7-11(17-6)9-15-8-10/h7-9,12,14H,1-6H3. The van der Waals surface area contributed by atoms with Crippen LogP contribution in [-0.4, -0.2) is 43.7 Å². The van der Waals surface area contributed by atoms with E-state index >= 15 is 0 Å². The molecule has 1 aromatic rings. The molecule has 4 nitrogen and oxygen atoms in total. The van der Waals surface area contributed by atoms with Gasteiger partial charge in [0.15, 0.2) is 0 Å². The third-order valence-electron chi connectivity index (χ3n) is 3.45. The van der Waals surface area contributed by atoms with Crippen molar-refractivity contribution in [3.05, 3.63) is 24.0 Å². The van der Waals surface area contributed by atoms with Crippen molar-refractivity contribution >= 4 is 0 Å². The summed E-state index contributed by atoms with van der Waals surface area (Å²) in [5.41, 5.74) is 1.12. The molecule has 0 bridgehead atoms. The fourth-order valence-corrected chi connectivity index (χ4v) is 1.89. The Morgan fingerprint density at radius 2 is 2.00 bits per heavy atom.